The average molecular weight is 370 g/mol. The van der Waals surface area contributed by atoms with Crippen LogP contribution in [-0.2, 0) is 20.8 Å². The van der Waals surface area contributed by atoms with Crippen molar-refractivity contribution < 1.29 is 24.0 Å². The summed E-state index contributed by atoms with van der Waals surface area (Å²) in [5.74, 6) is -1.70. The zero-order valence-corrected chi connectivity index (χ0v) is 15.4. The van der Waals surface area contributed by atoms with Crippen molar-refractivity contribution in [3.63, 3.8) is 0 Å². The van der Waals surface area contributed by atoms with Crippen molar-refractivity contribution in [3.8, 4) is 0 Å². The van der Waals surface area contributed by atoms with E-state index in [1.807, 2.05) is 13.8 Å². The van der Waals surface area contributed by atoms with Gasteiger partial charge in [-0.2, -0.15) is 0 Å². The molecule has 0 radical (unpaired) electrons. The van der Waals surface area contributed by atoms with Gasteiger partial charge in [0.1, 0.15) is 5.78 Å². The molecular weight excluding hydrogens is 348 g/mol. The zero-order valence-electron chi connectivity index (χ0n) is 15.4. The maximum atomic E-state index is 12.9. The van der Waals surface area contributed by atoms with Crippen molar-refractivity contribution in [3.05, 3.63) is 34.9 Å². The van der Waals surface area contributed by atoms with E-state index in [0.29, 0.717) is 12.0 Å². The van der Waals surface area contributed by atoms with Gasteiger partial charge in [-0.15, -0.1) is 0 Å². The van der Waals surface area contributed by atoms with Gasteiger partial charge in [0.2, 0.25) is 5.91 Å². The monoisotopic (exact) mass is 370 g/mol. The Labute approximate surface area is 157 Å². The van der Waals surface area contributed by atoms with Gasteiger partial charge in [-0.05, 0) is 38.3 Å². The summed E-state index contributed by atoms with van der Waals surface area (Å²) in [5.41, 5.74) is 1.14. The SMILES string of the molecule is CC(C)NC(=O)CCc1cccc2c1C(=O)N(C1CCC(=O)CC1=O)C2=O. The maximum Gasteiger partial charge on any atom is 0.262 e. The highest BCUT2D eigenvalue weighted by molar-refractivity contribution is 6.24. The second-order valence-electron chi connectivity index (χ2n) is 7.28. The van der Waals surface area contributed by atoms with Gasteiger partial charge in [0.15, 0.2) is 5.78 Å². The Morgan fingerprint density at radius 1 is 1.19 bits per heavy atom. The normalized spacial score (nSPS) is 19.7. The number of ketones is 2. The smallest absolute Gasteiger partial charge is 0.262 e. The molecule has 142 valence electrons. The molecule has 1 aliphatic carbocycles. The number of nitrogens with one attached hydrogen (secondary N) is 1. The van der Waals surface area contributed by atoms with Gasteiger partial charge in [-0.1, -0.05) is 12.1 Å². The van der Waals surface area contributed by atoms with Crippen molar-refractivity contribution in [2.45, 2.75) is 58.0 Å². The van der Waals surface area contributed by atoms with Crippen LogP contribution in [0.5, 0.6) is 0 Å². The molecule has 1 atom stereocenters. The van der Waals surface area contributed by atoms with Gasteiger partial charge >= 0.3 is 0 Å². The van der Waals surface area contributed by atoms with E-state index in [-0.39, 0.29) is 54.5 Å². The van der Waals surface area contributed by atoms with Crippen molar-refractivity contribution in [2.75, 3.05) is 0 Å². The highest BCUT2D eigenvalue weighted by atomic mass is 16.2. The quantitative estimate of drug-likeness (QED) is 0.624. The highest BCUT2D eigenvalue weighted by Gasteiger charge is 2.45. The average Bonchev–Trinajstić information content (AvgIpc) is 2.85. The molecule has 0 bridgehead atoms. The standard InChI is InChI=1S/C20H22N2O5/c1-11(2)21-17(25)9-6-12-4-3-5-14-18(12)20(27)22(19(14)26)15-8-7-13(23)10-16(15)24/h3-5,11,15H,6-10H2,1-2H3,(H,21,25). The van der Waals surface area contributed by atoms with Gasteiger partial charge in [0.25, 0.3) is 11.8 Å². The maximum absolute atomic E-state index is 12.9. The molecule has 3 rings (SSSR count). The number of amides is 3. The fourth-order valence-electron chi connectivity index (χ4n) is 3.64. The first-order chi connectivity index (χ1) is 12.8. The summed E-state index contributed by atoms with van der Waals surface area (Å²) in [6.45, 7) is 3.73. The van der Waals surface area contributed by atoms with Crippen LogP contribution in [0.2, 0.25) is 0 Å². The Hall–Kier alpha value is -2.83. The summed E-state index contributed by atoms with van der Waals surface area (Å²) in [6.07, 6.45) is 0.653. The van der Waals surface area contributed by atoms with E-state index < -0.39 is 23.6 Å². The number of carbonyl (C=O) groups is 5. The first-order valence-electron chi connectivity index (χ1n) is 9.13. The topological polar surface area (TPSA) is 101 Å². The third kappa shape index (κ3) is 3.67. The van der Waals surface area contributed by atoms with Crippen molar-refractivity contribution >= 4 is 29.3 Å². The highest BCUT2D eigenvalue weighted by Crippen LogP contribution is 2.31. The molecule has 0 spiro atoms. The molecule has 1 aliphatic heterocycles. The fraction of sp³-hybridized carbons (Fsp3) is 0.450. The molecule has 0 saturated heterocycles. The number of rotatable bonds is 5. The minimum atomic E-state index is -0.882. The summed E-state index contributed by atoms with van der Waals surface area (Å²) >= 11 is 0. The predicted molar refractivity (Wildman–Crippen MR) is 96.2 cm³/mol. The van der Waals surface area contributed by atoms with Crippen LogP contribution < -0.4 is 5.32 Å². The third-order valence-corrected chi connectivity index (χ3v) is 4.86. The van der Waals surface area contributed by atoms with E-state index in [9.17, 15) is 24.0 Å². The Kier molecular flexibility index (Phi) is 5.21. The predicted octanol–water partition coefficient (Wildman–Crippen LogP) is 1.43. The first kappa shape index (κ1) is 18.9. The molecular formula is C20H22N2O5. The molecule has 1 fully saturated rings. The fourth-order valence-corrected chi connectivity index (χ4v) is 3.64. The van der Waals surface area contributed by atoms with Crippen LogP contribution in [0.4, 0.5) is 0 Å². The van der Waals surface area contributed by atoms with Crippen LogP contribution in [0.15, 0.2) is 18.2 Å². The minimum absolute atomic E-state index is 0.0257. The Morgan fingerprint density at radius 2 is 1.93 bits per heavy atom. The summed E-state index contributed by atoms with van der Waals surface area (Å²) in [6, 6.07) is 4.11. The van der Waals surface area contributed by atoms with Crippen molar-refractivity contribution in [1.29, 1.82) is 0 Å². The number of hydrogen-bond donors (Lipinski definition) is 1. The van der Waals surface area contributed by atoms with E-state index in [1.54, 1.807) is 18.2 Å². The number of imide groups is 1. The lowest BCUT2D eigenvalue weighted by atomic mass is 9.92. The van der Waals surface area contributed by atoms with Gasteiger partial charge in [-0.25, -0.2) is 0 Å². The first-order valence-corrected chi connectivity index (χ1v) is 9.13. The van der Waals surface area contributed by atoms with E-state index in [4.69, 9.17) is 0 Å². The number of fused-ring (bicyclic) bond motifs is 1. The summed E-state index contributed by atoms with van der Waals surface area (Å²) < 4.78 is 0. The Morgan fingerprint density at radius 3 is 2.59 bits per heavy atom. The van der Waals surface area contributed by atoms with Crippen LogP contribution in [0.25, 0.3) is 0 Å². The molecule has 1 saturated carbocycles. The Balaban J connectivity index is 1.83. The molecule has 1 aromatic carbocycles. The van der Waals surface area contributed by atoms with Crippen LogP contribution in [0.1, 0.15) is 65.8 Å². The lowest BCUT2D eigenvalue weighted by Crippen LogP contribution is -2.47. The van der Waals surface area contributed by atoms with E-state index >= 15 is 0 Å². The number of benzene rings is 1. The van der Waals surface area contributed by atoms with E-state index in [1.165, 1.54) is 0 Å². The second kappa shape index (κ2) is 7.42. The lowest BCUT2D eigenvalue weighted by Gasteiger charge is -2.27. The van der Waals surface area contributed by atoms with Crippen LogP contribution >= 0.6 is 0 Å². The molecule has 0 aromatic heterocycles. The minimum Gasteiger partial charge on any atom is -0.354 e. The summed E-state index contributed by atoms with van der Waals surface area (Å²) in [4.78, 5) is 62.3. The number of carbonyl (C=O) groups excluding carboxylic acids is 5. The van der Waals surface area contributed by atoms with Gasteiger partial charge in [0.05, 0.1) is 23.6 Å². The molecule has 2 aliphatic rings. The van der Waals surface area contributed by atoms with Gasteiger partial charge < -0.3 is 5.32 Å². The number of Topliss-reactive ketones (excluding diaryl/α,β-unsaturated/α-hetero) is 2. The third-order valence-electron chi connectivity index (χ3n) is 4.86. The molecule has 27 heavy (non-hydrogen) atoms. The van der Waals surface area contributed by atoms with Crippen molar-refractivity contribution in [2.24, 2.45) is 0 Å². The Bertz CT molecular complexity index is 843. The summed E-state index contributed by atoms with van der Waals surface area (Å²) in [7, 11) is 0. The zero-order chi connectivity index (χ0) is 19.7. The van der Waals surface area contributed by atoms with Gasteiger partial charge in [0, 0.05) is 18.9 Å². The summed E-state index contributed by atoms with van der Waals surface area (Å²) in [5, 5.41) is 2.79. The van der Waals surface area contributed by atoms with Crippen LogP contribution in [-0.4, -0.2) is 46.3 Å². The molecule has 3 amide bonds. The molecule has 1 unspecified atom stereocenters. The molecule has 7 heteroatoms. The number of nitrogens with zero attached hydrogens (tertiary/aromatic N) is 1. The van der Waals surface area contributed by atoms with Crippen LogP contribution in [0.3, 0.4) is 0 Å². The van der Waals surface area contributed by atoms with E-state index in [0.717, 1.165) is 4.90 Å². The largest absolute Gasteiger partial charge is 0.354 e. The molecule has 7 nitrogen and oxygen atoms in total. The van der Waals surface area contributed by atoms with Crippen LogP contribution in [0, 0.1) is 0 Å². The number of hydrogen-bond acceptors (Lipinski definition) is 5. The van der Waals surface area contributed by atoms with E-state index in [2.05, 4.69) is 5.32 Å². The molecule has 1 aromatic rings. The second-order valence-corrected chi connectivity index (χ2v) is 7.28. The molecule has 1 heterocycles. The lowest BCUT2D eigenvalue weighted by molar-refractivity contribution is -0.132. The van der Waals surface area contributed by atoms with Crippen molar-refractivity contribution in [1.82, 2.24) is 10.2 Å². The number of aryl methyl sites for hydroxylation is 1. The van der Waals surface area contributed by atoms with Gasteiger partial charge in [-0.3, -0.25) is 28.9 Å². The molecule has 1 N–H and O–H groups in total.